The second kappa shape index (κ2) is 10.7. The number of nitrogens with zero attached hydrogens (tertiary/aromatic N) is 2. The first-order chi connectivity index (χ1) is 24.8. The van der Waals surface area contributed by atoms with Gasteiger partial charge in [0, 0.05) is 51.5 Å². The number of carbonyl (C=O) groups is 2. The van der Waals surface area contributed by atoms with Crippen molar-refractivity contribution < 1.29 is 23.2 Å². The van der Waals surface area contributed by atoms with Crippen LogP contribution in [-0.4, -0.2) is 39.0 Å². The maximum atomic E-state index is 14.1. The molecule has 2 amide bonds. The number of nitrogens with one attached hydrogen (secondary N) is 4. The van der Waals surface area contributed by atoms with Crippen LogP contribution in [0.2, 0.25) is 0 Å². The van der Waals surface area contributed by atoms with E-state index in [4.69, 9.17) is 23.5 Å². The number of carbonyl (C=O) groups excluding carboxylic acids is 2. The lowest BCUT2D eigenvalue weighted by molar-refractivity contribution is -0.128. The van der Waals surface area contributed by atoms with Crippen molar-refractivity contribution >= 4 is 28.4 Å². The fourth-order valence-electron chi connectivity index (χ4n) is 8.30. The Bertz CT molecular complexity index is 2470. The molecule has 3 aromatic heterocycles. The topological polar surface area (TPSA) is 147 Å². The number of hydrogen-bond acceptors (Lipinski definition) is 8. The summed E-state index contributed by atoms with van der Waals surface area (Å²) in [5.41, 5.74) is 6.90. The minimum absolute atomic E-state index is 0.125. The van der Waals surface area contributed by atoms with Gasteiger partial charge >= 0.3 is 0 Å². The molecule has 2 unspecified atom stereocenters. The summed E-state index contributed by atoms with van der Waals surface area (Å²) >= 11 is 0. The number of rotatable bonds is 4. The van der Waals surface area contributed by atoms with Crippen LogP contribution in [0.25, 0.3) is 44.9 Å². The summed E-state index contributed by atoms with van der Waals surface area (Å²) in [4.78, 5) is 40.4. The number of H-pyrrole nitrogens is 1. The number of allylic oxidation sites excluding steroid dienone is 1. The van der Waals surface area contributed by atoms with Crippen LogP contribution >= 0.6 is 0 Å². The molecule has 7 heterocycles. The van der Waals surface area contributed by atoms with Crippen LogP contribution in [0.3, 0.4) is 0 Å². The molecular formula is C40H34N6O5. The molecular weight excluding hydrogens is 644 g/mol. The third-order valence-corrected chi connectivity index (χ3v) is 10.7. The number of oxazole rings is 2. The standard InChI is InChI=1S/C40H34N6O5/c1-4-5-12-30(47)43-27-16-20-13-14-28-25(15-20)40-24-10-6-9-22(33(24)46-39(40)50-28)21-8-7-11-26-31(21)23(17-41-26)29-18-42-37(49-29)34-35(40)51-38(45-34)32(19(2)3)44-36(27)48/h5-15,17-19,27,32,39,41,46H,4,16H2,1-3H3,(H,43,47)(H,44,48)/b12-5+/t27-,32-,39?,40?/m0/s1. The van der Waals surface area contributed by atoms with E-state index in [0.717, 1.165) is 50.0 Å². The summed E-state index contributed by atoms with van der Waals surface area (Å²) in [6.07, 6.45) is 7.27. The quantitative estimate of drug-likeness (QED) is 0.150. The van der Waals surface area contributed by atoms with Gasteiger partial charge in [0.05, 0.1) is 6.20 Å². The monoisotopic (exact) mass is 678 g/mol. The van der Waals surface area contributed by atoms with Gasteiger partial charge in [0.2, 0.25) is 23.6 Å². The SMILES string of the molecule is CC/C=C/C(=O)N[C@H]1Cc2ccc3c(c2)C24c5cccc(c5NC2O3)-c2cccc3[nH]cc(c23)-c2cnc(o2)-c2nc(oc24)[C@H](C(C)C)NC1=O. The molecule has 3 aromatic carbocycles. The molecule has 11 heteroatoms. The number of aromatic amines is 1. The highest BCUT2D eigenvalue weighted by Crippen LogP contribution is 2.61. The average Bonchev–Trinajstić information content (AvgIpc) is 3.95. The van der Waals surface area contributed by atoms with E-state index in [2.05, 4.69) is 57.3 Å². The summed E-state index contributed by atoms with van der Waals surface area (Å²) in [5.74, 6) is 1.58. The summed E-state index contributed by atoms with van der Waals surface area (Å²) in [6, 6.07) is 17.0. The third-order valence-electron chi connectivity index (χ3n) is 10.7. The van der Waals surface area contributed by atoms with E-state index in [0.29, 0.717) is 41.2 Å². The molecule has 0 radical (unpaired) electrons. The zero-order valence-corrected chi connectivity index (χ0v) is 28.2. The Kier molecular flexibility index (Phi) is 6.25. The number of fused-ring (bicyclic) bond motifs is 7. The molecule has 4 aliphatic heterocycles. The molecule has 4 N–H and O–H groups in total. The number of anilines is 1. The van der Waals surface area contributed by atoms with Crippen molar-refractivity contribution in [2.45, 2.75) is 57.3 Å². The van der Waals surface area contributed by atoms with Gasteiger partial charge in [-0.25, -0.2) is 9.97 Å². The highest BCUT2D eigenvalue weighted by atomic mass is 16.5. The van der Waals surface area contributed by atoms with Crippen LogP contribution in [0, 0.1) is 5.92 Å². The first-order valence-corrected chi connectivity index (χ1v) is 17.4. The van der Waals surface area contributed by atoms with Crippen molar-refractivity contribution in [3.63, 3.8) is 0 Å². The molecule has 51 heavy (non-hydrogen) atoms. The van der Waals surface area contributed by atoms with E-state index in [1.807, 2.05) is 45.2 Å². The predicted molar refractivity (Wildman–Crippen MR) is 190 cm³/mol. The summed E-state index contributed by atoms with van der Waals surface area (Å²) < 4.78 is 20.4. The van der Waals surface area contributed by atoms with E-state index in [9.17, 15) is 9.59 Å². The van der Waals surface area contributed by atoms with Crippen LogP contribution in [-0.2, 0) is 21.4 Å². The average molecular weight is 679 g/mol. The van der Waals surface area contributed by atoms with Crippen LogP contribution in [0.4, 0.5) is 5.69 Å². The van der Waals surface area contributed by atoms with Crippen molar-refractivity contribution in [3.05, 3.63) is 107 Å². The van der Waals surface area contributed by atoms with E-state index < -0.39 is 23.7 Å². The Morgan fingerprint density at radius 1 is 1.06 bits per heavy atom. The predicted octanol–water partition coefficient (Wildman–Crippen LogP) is 6.76. The fraction of sp³-hybridized carbons (Fsp3) is 0.250. The van der Waals surface area contributed by atoms with Gasteiger partial charge in [0.1, 0.15) is 23.2 Å². The van der Waals surface area contributed by atoms with E-state index in [-0.39, 0.29) is 24.2 Å². The van der Waals surface area contributed by atoms with E-state index in [1.54, 1.807) is 12.3 Å². The van der Waals surface area contributed by atoms with Gasteiger partial charge in [0.25, 0.3) is 0 Å². The van der Waals surface area contributed by atoms with Crippen molar-refractivity contribution in [1.82, 2.24) is 25.6 Å². The highest BCUT2D eigenvalue weighted by Gasteiger charge is 2.61. The molecule has 1 spiro atoms. The minimum Gasteiger partial charge on any atom is -0.469 e. The molecule has 10 bridgehead atoms. The Balaban J connectivity index is 1.29. The molecule has 0 aliphatic carbocycles. The molecule has 4 atom stereocenters. The van der Waals surface area contributed by atoms with E-state index >= 15 is 0 Å². The number of aromatic nitrogens is 3. The second-order valence-corrected chi connectivity index (χ2v) is 14.0. The normalized spacial score (nSPS) is 22.2. The van der Waals surface area contributed by atoms with Gasteiger partial charge in [-0.15, -0.1) is 0 Å². The van der Waals surface area contributed by atoms with Crippen LogP contribution < -0.4 is 20.7 Å². The first kappa shape index (κ1) is 29.8. The minimum atomic E-state index is -1.02. The van der Waals surface area contributed by atoms with Gasteiger partial charge in [-0.05, 0) is 41.7 Å². The van der Waals surface area contributed by atoms with Crippen LogP contribution in [0.15, 0.2) is 88.0 Å². The first-order valence-electron chi connectivity index (χ1n) is 17.4. The lowest BCUT2D eigenvalue weighted by atomic mass is 9.72. The van der Waals surface area contributed by atoms with Gasteiger partial charge in [-0.2, -0.15) is 0 Å². The Morgan fingerprint density at radius 2 is 1.92 bits per heavy atom. The number of ether oxygens (including phenoxy) is 1. The van der Waals surface area contributed by atoms with Crippen LogP contribution in [0.1, 0.15) is 61.6 Å². The molecule has 6 aromatic rings. The molecule has 0 fully saturated rings. The fourth-order valence-corrected chi connectivity index (χ4v) is 8.30. The Hall–Kier alpha value is -6.10. The van der Waals surface area contributed by atoms with Crippen LogP contribution in [0.5, 0.6) is 5.75 Å². The van der Waals surface area contributed by atoms with E-state index in [1.165, 1.54) is 6.08 Å². The lowest BCUT2D eigenvalue weighted by Gasteiger charge is -2.28. The van der Waals surface area contributed by atoms with Crippen molar-refractivity contribution in [2.24, 2.45) is 5.92 Å². The Morgan fingerprint density at radius 3 is 2.78 bits per heavy atom. The Labute approximate surface area is 292 Å². The smallest absolute Gasteiger partial charge is 0.249 e. The molecule has 0 saturated heterocycles. The summed E-state index contributed by atoms with van der Waals surface area (Å²) in [7, 11) is 0. The second-order valence-electron chi connectivity index (χ2n) is 14.0. The summed E-state index contributed by atoms with van der Waals surface area (Å²) in [5, 5.41) is 10.9. The largest absolute Gasteiger partial charge is 0.469 e. The lowest BCUT2D eigenvalue weighted by Crippen LogP contribution is -2.49. The van der Waals surface area contributed by atoms with Gasteiger partial charge in [0.15, 0.2) is 23.4 Å². The molecule has 10 rings (SSSR count). The van der Waals surface area contributed by atoms with Gasteiger partial charge in [-0.3, -0.25) is 9.59 Å². The maximum Gasteiger partial charge on any atom is 0.249 e. The zero-order valence-electron chi connectivity index (χ0n) is 28.2. The maximum absolute atomic E-state index is 14.1. The van der Waals surface area contributed by atoms with Gasteiger partial charge in [-0.1, -0.05) is 69.3 Å². The molecule has 0 saturated carbocycles. The number of para-hydroxylation sites is 1. The summed E-state index contributed by atoms with van der Waals surface area (Å²) in [6.45, 7) is 5.95. The zero-order chi connectivity index (χ0) is 34.6. The number of benzene rings is 3. The molecule has 11 nitrogen and oxygen atoms in total. The number of amides is 2. The van der Waals surface area contributed by atoms with Gasteiger partial charge < -0.3 is 34.5 Å². The number of hydrogen-bond donors (Lipinski definition) is 4. The molecule has 254 valence electrons. The highest BCUT2D eigenvalue weighted by molar-refractivity contribution is 6.07. The van der Waals surface area contributed by atoms with Crippen molar-refractivity contribution in [3.8, 4) is 39.8 Å². The third kappa shape index (κ3) is 4.11. The van der Waals surface area contributed by atoms with Crippen molar-refractivity contribution in [2.75, 3.05) is 5.32 Å². The molecule has 4 aliphatic rings. The van der Waals surface area contributed by atoms with Crippen molar-refractivity contribution in [1.29, 1.82) is 0 Å².